The molecule has 20 heavy (non-hydrogen) atoms. The van der Waals surface area contributed by atoms with E-state index in [1.165, 1.54) is 20.8 Å². The van der Waals surface area contributed by atoms with Crippen LogP contribution in [0.15, 0.2) is 0 Å². The molecule has 9 heteroatoms. The van der Waals surface area contributed by atoms with Gasteiger partial charge >= 0.3 is 18.3 Å². The summed E-state index contributed by atoms with van der Waals surface area (Å²) in [5.74, 6) is -1.25. The van der Waals surface area contributed by atoms with Crippen molar-refractivity contribution in [2.45, 2.75) is 58.2 Å². The Labute approximate surface area is 111 Å². The summed E-state index contributed by atoms with van der Waals surface area (Å²) >= 11 is 0. The Bertz CT molecular complexity index is 344. The van der Waals surface area contributed by atoms with Crippen molar-refractivity contribution in [3.8, 4) is 0 Å². The normalized spacial score (nSPS) is 15.9. The molecule has 0 radical (unpaired) electrons. The minimum Gasteiger partial charge on any atom is -0.458 e. The molecule has 1 atom stereocenters. The van der Waals surface area contributed by atoms with Gasteiger partial charge in [-0.05, 0) is 27.2 Å². The summed E-state index contributed by atoms with van der Waals surface area (Å²) in [5, 5.41) is 9.01. The Morgan fingerprint density at radius 3 is 1.70 bits per heavy atom. The lowest BCUT2D eigenvalue weighted by Crippen LogP contribution is -2.64. The van der Waals surface area contributed by atoms with Crippen LogP contribution in [-0.4, -0.2) is 35.1 Å². The number of alkyl halides is 6. The highest BCUT2D eigenvalue weighted by Gasteiger charge is 2.74. The zero-order valence-corrected chi connectivity index (χ0v) is 11.3. The monoisotopic (exact) mass is 310 g/mol. The van der Waals surface area contributed by atoms with Crippen LogP contribution in [-0.2, 0) is 9.53 Å². The molecule has 0 aliphatic carbocycles. The third kappa shape index (κ3) is 3.36. The van der Waals surface area contributed by atoms with Gasteiger partial charge in [-0.1, -0.05) is 6.92 Å². The number of esters is 1. The summed E-state index contributed by atoms with van der Waals surface area (Å²) in [6.45, 7) is 4.49. The molecule has 0 bridgehead atoms. The van der Waals surface area contributed by atoms with Crippen molar-refractivity contribution in [2.24, 2.45) is 5.41 Å². The van der Waals surface area contributed by atoms with E-state index in [4.69, 9.17) is 5.11 Å². The van der Waals surface area contributed by atoms with E-state index in [0.717, 1.165) is 0 Å². The van der Waals surface area contributed by atoms with Gasteiger partial charge in [-0.25, -0.2) is 0 Å². The molecule has 0 rings (SSSR count). The van der Waals surface area contributed by atoms with Crippen molar-refractivity contribution < 1.29 is 41.0 Å². The van der Waals surface area contributed by atoms with E-state index in [9.17, 15) is 31.1 Å². The van der Waals surface area contributed by atoms with Crippen LogP contribution in [0.5, 0.6) is 0 Å². The van der Waals surface area contributed by atoms with E-state index in [2.05, 4.69) is 4.74 Å². The van der Waals surface area contributed by atoms with Crippen LogP contribution in [0.1, 0.15) is 34.1 Å². The standard InChI is InChI=1S/C11H16F6O3/c1-5-8(3,4)7(18)20-6(2)9(19,10(12,13)14)11(15,16)17/h6,19H,5H2,1-4H3. The number of aliphatic hydroxyl groups is 1. The number of carbonyl (C=O) groups is 1. The van der Waals surface area contributed by atoms with Gasteiger partial charge in [0.2, 0.25) is 0 Å². The van der Waals surface area contributed by atoms with Crippen LogP contribution in [0.4, 0.5) is 26.3 Å². The summed E-state index contributed by atoms with van der Waals surface area (Å²) < 4.78 is 79.3. The first kappa shape index (κ1) is 19.0. The highest BCUT2D eigenvalue weighted by Crippen LogP contribution is 2.46. The predicted octanol–water partition coefficient (Wildman–Crippen LogP) is 3.21. The number of carbonyl (C=O) groups excluding carboxylic acids is 1. The Kier molecular flexibility index (Phi) is 5.15. The van der Waals surface area contributed by atoms with Gasteiger partial charge in [-0.3, -0.25) is 4.79 Å². The fraction of sp³-hybridized carbons (Fsp3) is 0.909. The summed E-state index contributed by atoms with van der Waals surface area (Å²) in [6, 6.07) is 0. The first-order chi connectivity index (χ1) is 8.61. The Morgan fingerprint density at radius 1 is 1.10 bits per heavy atom. The Hall–Kier alpha value is -0.990. The zero-order chi connectivity index (χ0) is 16.6. The van der Waals surface area contributed by atoms with E-state index >= 15 is 0 Å². The first-order valence-electron chi connectivity index (χ1n) is 5.68. The lowest BCUT2D eigenvalue weighted by atomic mass is 9.90. The van der Waals surface area contributed by atoms with Crippen molar-refractivity contribution in [3.63, 3.8) is 0 Å². The number of hydrogen-bond donors (Lipinski definition) is 1. The number of ether oxygens (including phenoxy) is 1. The van der Waals surface area contributed by atoms with Gasteiger partial charge < -0.3 is 9.84 Å². The molecule has 0 heterocycles. The zero-order valence-electron chi connectivity index (χ0n) is 11.3. The van der Waals surface area contributed by atoms with Crippen LogP contribution in [0.2, 0.25) is 0 Å². The fourth-order valence-corrected chi connectivity index (χ4v) is 1.17. The topological polar surface area (TPSA) is 46.5 Å². The molecule has 1 N–H and O–H groups in total. The number of halogens is 6. The van der Waals surface area contributed by atoms with E-state index in [1.807, 2.05) is 0 Å². The van der Waals surface area contributed by atoms with Gasteiger partial charge in [0.05, 0.1) is 5.41 Å². The summed E-state index contributed by atoms with van der Waals surface area (Å²) in [5.41, 5.74) is -6.37. The van der Waals surface area contributed by atoms with Gasteiger partial charge in [0.15, 0.2) is 0 Å². The van der Waals surface area contributed by atoms with Crippen LogP contribution in [0.25, 0.3) is 0 Å². The third-order valence-electron chi connectivity index (χ3n) is 3.17. The molecule has 0 saturated carbocycles. The summed E-state index contributed by atoms with van der Waals surface area (Å²) in [7, 11) is 0. The van der Waals surface area contributed by atoms with Crippen molar-refractivity contribution in [1.29, 1.82) is 0 Å². The van der Waals surface area contributed by atoms with Gasteiger partial charge in [0.1, 0.15) is 6.10 Å². The minimum absolute atomic E-state index is 0.148. The van der Waals surface area contributed by atoms with Crippen LogP contribution < -0.4 is 0 Å². The van der Waals surface area contributed by atoms with Gasteiger partial charge in [0.25, 0.3) is 5.60 Å². The summed E-state index contributed by atoms with van der Waals surface area (Å²) in [6.07, 6.45) is -14.7. The lowest BCUT2D eigenvalue weighted by Gasteiger charge is -2.37. The van der Waals surface area contributed by atoms with Crippen LogP contribution in [0.3, 0.4) is 0 Å². The maximum absolute atomic E-state index is 12.5. The highest BCUT2D eigenvalue weighted by molar-refractivity contribution is 5.76. The maximum Gasteiger partial charge on any atom is 0.430 e. The molecule has 0 aromatic rings. The average molecular weight is 310 g/mol. The molecule has 3 nitrogen and oxygen atoms in total. The van der Waals surface area contributed by atoms with E-state index in [1.54, 1.807) is 0 Å². The van der Waals surface area contributed by atoms with Crippen molar-refractivity contribution in [3.05, 3.63) is 0 Å². The Morgan fingerprint density at radius 2 is 1.45 bits per heavy atom. The average Bonchev–Trinajstić information content (AvgIpc) is 2.24. The molecule has 0 aliphatic rings. The molecule has 0 aliphatic heterocycles. The van der Waals surface area contributed by atoms with Gasteiger partial charge in [-0.15, -0.1) is 0 Å². The van der Waals surface area contributed by atoms with Crippen LogP contribution in [0, 0.1) is 5.41 Å². The van der Waals surface area contributed by atoms with Crippen LogP contribution >= 0.6 is 0 Å². The van der Waals surface area contributed by atoms with Gasteiger partial charge in [-0.2, -0.15) is 26.3 Å². The maximum atomic E-state index is 12.5. The second kappa shape index (κ2) is 5.42. The molecule has 120 valence electrons. The van der Waals surface area contributed by atoms with E-state index in [0.29, 0.717) is 6.92 Å². The second-order valence-corrected chi connectivity index (χ2v) is 5.05. The SMILES string of the molecule is CCC(C)(C)C(=O)OC(C)C(O)(C(F)(F)F)C(F)(F)F. The van der Waals surface area contributed by atoms with Crippen molar-refractivity contribution in [1.82, 2.24) is 0 Å². The molecule has 0 amide bonds. The largest absolute Gasteiger partial charge is 0.458 e. The smallest absolute Gasteiger partial charge is 0.430 e. The molecule has 0 fully saturated rings. The number of rotatable bonds is 4. The lowest BCUT2D eigenvalue weighted by molar-refractivity contribution is -0.389. The summed E-state index contributed by atoms with van der Waals surface area (Å²) in [4.78, 5) is 11.5. The predicted molar refractivity (Wildman–Crippen MR) is 56.7 cm³/mol. The molecule has 0 aromatic heterocycles. The Balaban J connectivity index is 5.42. The highest BCUT2D eigenvalue weighted by atomic mass is 19.4. The fourth-order valence-electron chi connectivity index (χ4n) is 1.17. The van der Waals surface area contributed by atoms with Gasteiger partial charge in [0, 0.05) is 0 Å². The van der Waals surface area contributed by atoms with E-state index < -0.39 is 35.4 Å². The van der Waals surface area contributed by atoms with Crippen molar-refractivity contribution in [2.75, 3.05) is 0 Å². The second-order valence-electron chi connectivity index (χ2n) is 5.05. The molecule has 0 spiro atoms. The minimum atomic E-state index is -6.03. The number of hydrogen-bond acceptors (Lipinski definition) is 3. The molecule has 0 aromatic carbocycles. The molecule has 1 unspecified atom stereocenters. The molecule has 0 saturated heterocycles. The van der Waals surface area contributed by atoms with Crippen molar-refractivity contribution >= 4 is 5.97 Å². The molecular weight excluding hydrogens is 294 g/mol. The van der Waals surface area contributed by atoms with E-state index in [-0.39, 0.29) is 6.42 Å². The third-order valence-corrected chi connectivity index (χ3v) is 3.17. The first-order valence-corrected chi connectivity index (χ1v) is 5.68. The molecular formula is C11H16F6O3. The quantitative estimate of drug-likeness (QED) is 0.640.